The summed E-state index contributed by atoms with van der Waals surface area (Å²) >= 11 is 0. The van der Waals surface area contributed by atoms with Crippen LogP contribution in [-0.4, -0.2) is 140 Å². The van der Waals surface area contributed by atoms with E-state index in [1.807, 2.05) is 0 Å². The highest BCUT2D eigenvalue weighted by Gasteiger charge is 2.51. The Hall–Kier alpha value is -3.87. The molecular formula is C87H149NO13. The number of hydrogen-bond donors (Lipinski definition) is 9. The van der Waals surface area contributed by atoms with Crippen molar-refractivity contribution in [1.82, 2.24) is 5.32 Å². The molecule has 14 nitrogen and oxygen atoms in total. The van der Waals surface area contributed by atoms with Crippen LogP contribution in [-0.2, 0) is 23.7 Å². The van der Waals surface area contributed by atoms with Gasteiger partial charge in [-0.15, -0.1) is 0 Å². The average Bonchev–Trinajstić information content (AvgIpc) is 0.792. The smallest absolute Gasteiger partial charge is 0.220 e. The van der Waals surface area contributed by atoms with Crippen LogP contribution >= 0.6 is 0 Å². The van der Waals surface area contributed by atoms with E-state index >= 15 is 0 Å². The predicted molar refractivity (Wildman–Crippen MR) is 419 cm³/mol. The van der Waals surface area contributed by atoms with Crippen LogP contribution in [0.3, 0.4) is 0 Å². The fourth-order valence-corrected chi connectivity index (χ4v) is 12.7. The molecule has 1 amide bonds. The first-order chi connectivity index (χ1) is 49.6. The summed E-state index contributed by atoms with van der Waals surface area (Å²) in [6, 6.07) is -0.860. The zero-order valence-corrected chi connectivity index (χ0v) is 63.6. The van der Waals surface area contributed by atoms with Crippen LogP contribution in [0.5, 0.6) is 0 Å². The highest BCUT2D eigenvalue weighted by atomic mass is 16.7. The summed E-state index contributed by atoms with van der Waals surface area (Å²) in [7, 11) is 0. The minimum atomic E-state index is -1.79. The molecule has 101 heavy (non-hydrogen) atoms. The van der Waals surface area contributed by atoms with Gasteiger partial charge in [0, 0.05) is 6.42 Å². The SMILES string of the molecule is CC/C=C\C/C=C\C/C=C\C/C=C\C/C=C\C/C=C\C/C=C\C/C=C\C/C=C\C/C=C\C/C=C\CCCCCC(=O)NC(COC1OC(CO)C(OC2OC(CO)C(O)C(O)C2O)C(O)C1O)C(O)CCCCCCCCCCCCCCCCCCCCCCCCCCCCCCCC. The molecule has 12 unspecified atom stereocenters. The summed E-state index contributed by atoms with van der Waals surface area (Å²) in [5.74, 6) is -0.240. The quantitative estimate of drug-likeness (QED) is 0.0204. The van der Waals surface area contributed by atoms with Crippen molar-refractivity contribution >= 4 is 5.91 Å². The van der Waals surface area contributed by atoms with Crippen molar-refractivity contribution in [3.05, 3.63) is 134 Å². The van der Waals surface area contributed by atoms with Crippen LogP contribution in [0.1, 0.15) is 316 Å². The van der Waals surface area contributed by atoms with Crippen molar-refractivity contribution in [2.75, 3.05) is 19.8 Å². The summed E-state index contributed by atoms with van der Waals surface area (Å²) in [4.78, 5) is 13.4. The summed E-state index contributed by atoms with van der Waals surface area (Å²) in [6.45, 7) is 2.76. The molecule has 0 aromatic heterocycles. The fourth-order valence-electron chi connectivity index (χ4n) is 12.7. The third kappa shape index (κ3) is 51.9. The summed E-state index contributed by atoms with van der Waals surface area (Å²) in [5.41, 5.74) is 0. The molecule has 0 radical (unpaired) electrons. The number of amides is 1. The molecule has 2 rings (SSSR count). The number of carbonyl (C=O) groups is 1. The van der Waals surface area contributed by atoms with E-state index in [4.69, 9.17) is 18.9 Å². The van der Waals surface area contributed by atoms with Crippen molar-refractivity contribution in [3.8, 4) is 0 Å². The van der Waals surface area contributed by atoms with Gasteiger partial charge in [-0.1, -0.05) is 347 Å². The monoisotopic (exact) mass is 1420 g/mol. The van der Waals surface area contributed by atoms with E-state index in [1.54, 1.807) is 0 Å². The average molecular weight is 1420 g/mol. The Bertz CT molecular complexity index is 2220. The second kappa shape index (κ2) is 69.2. The third-order valence-corrected chi connectivity index (χ3v) is 19.1. The van der Waals surface area contributed by atoms with Crippen molar-refractivity contribution in [2.45, 2.75) is 389 Å². The number of allylic oxidation sites excluding steroid dienone is 22. The lowest BCUT2D eigenvalue weighted by atomic mass is 9.97. The highest BCUT2D eigenvalue weighted by molar-refractivity contribution is 5.76. The number of ether oxygens (including phenoxy) is 4. The topological polar surface area (TPSA) is 228 Å². The van der Waals surface area contributed by atoms with E-state index in [2.05, 4.69) is 153 Å². The lowest BCUT2D eigenvalue weighted by Gasteiger charge is -2.46. The maximum atomic E-state index is 13.4. The maximum Gasteiger partial charge on any atom is 0.220 e. The molecule has 2 aliphatic heterocycles. The van der Waals surface area contributed by atoms with Gasteiger partial charge in [0.15, 0.2) is 12.6 Å². The highest BCUT2D eigenvalue weighted by Crippen LogP contribution is 2.30. The zero-order chi connectivity index (χ0) is 73.0. The molecule has 14 heteroatoms. The van der Waals surface area contributed by atoms with E-state index in [0.29, 0.717) is 12.8 Å². The molecule has 9 N–H and O–H groups in total. The molecule has 0 aliphatic carbocycles. The standard InChI is InChI=1S/C87H149NO13/c1-3-5-7-9-11-13-15-17-19-21-23-25-27-29-31-33-35-36-37-38-39-40-41-43-45-47-49-51-53-55-57-59-61-63-65-67-69-71-79(92)88-75(74-98-86-84(97)82(95)85(78(73-90)100-86)101-87-83(96)81(94)80(93)77(72-89)99-87)76(91)70-68-66-64-62-60-58-56-54-52-50-48-46-44-42-34-32-30-28-26-24-22-20-18-16-14-12-10-8-6-4-2/h5,7,11,13,17,19,23,25,29,31,35-36,38-39,41,43,47,49,53,55,59,61,75-78,80-87,89-91,93-97H,3-4,6,8-10,12,14-16,18,20-22,24,26-28,30,32-34,37,40,42,44-46,48,50-52,54,56-58,60,62-74H2,1-2H3,(H,88,92)/b7-5-,13-11-,19-17-,25-23-,31-29-,36-35-,39-38-,43-41-,49-47-,55-53-,61-59-. The molecule has 12 atom stereocenters. The van der Waals surface area contributed by atoms with Crippen LogP contribution in [0.25, 0.3) is 0 Å². The molecule has 0 spiro atoms. The molecular weight excluding hydrogens is 1270 g/mol. The van der Waals surface area contributed by atoms with Gasteiger partial charge >= 0.3 is 0 Å². The van der Waals surface area contributed by atoms with Gasteiger partial charge in [-0.3, -0.25) is 4.79 Å². The Kier molecular flexibility index (Phi) is 63.9. The first-order valence-electron chi connectivity index (χ1n) is 40.9. The van der Waals surface area contributed by atoms with Gasteiger partial charge < -0.3 is 65.1 Å². The van der Waals surface area contributed by atoms with Crippen LogP contribution in [0.2, 0.25) is 0 Å². The first kappa shape index (κ1) is 93.2. The van der Waals surface area contributed by atoms with E-state index in [0.717, 1.165) is 116 Å². The van der Waals surface area contributed by atoms with Gasteiger partial charge in [-0.25, -0.2) is 0 Å². The van der Waals surface area contributed by atoms with Crippen molar-refractivity contribution in [1.29, 1.82) is 0 Å². The molecule has 0 aromatic carbocycles. The third-order valence-electron chi connectivity index (χ3n) is 19.1. The Morgan fingerprint density at radius 1 is 0.366 bits per heavy atom. The lowest BCUT2D eigenvalue weighted by molar-refractivity contribution is -0.359. The summed E-state index contributed by atoms with van der Waals surface area (Å²) in [6.07, 6.45) is 86.3. The molecule has 580 valence electrons. The molecule has 0 aromatic rings. The summed E-state index contributed by atoms with van der Waals surface area (Å²) < 4.78 is 23.0. The number of hydrogen-bond acceptors (Lipinski definition) is 13. The van der Waals surface area contributed by atoms with E-state index in [9.17, 15) is 45.6 Å². The molecule has 2 saturated heterocycles. The van der Waals surface area contributed by atoms with Gasteiger partial charge in [0.1, 0.15) is 48.8 Å². The van der Waals surface area contributed by atoms with E-state index < -0.39 is 86.8 Å². The van der Waals surface area contributed by atoms with E-state index in [-0.39, 0.29) is 18.9 Å². The normalized spacial score (nSPS) is 22.5. The Balaban J connectivity index is 1.65. The minimum absolute atomic E-state index is 0.240. The van der Waals surface area contributed by atoms with Crippen LogP contribution < -0.4 is 5.32 Å². The number of carbonyl (C=O) groups excluding carboxylic acids is 1. The largest absolute Gasteiger partial charge is 0.394 e. The fraction of sp³-hybridized carbons (Fsp3) is 0.736. The molecule has 0 saturated carbocycles. The summed E-state index contributed by atoms with van der Waals surface area (Å²) in [5, 5.41) is 87.9. The molecule has 2 fully saturated rings. The Labute approximate surface area is 615 Å². The molecule has 2 aliphatic rings. The second-order valence-electron chi connectivity index (χ2n) is 28.2. The minimum Gasteiger partial charge on any atom is -0.394 e. The van der Waals surface area contributed by atoms with Crippen molar-refractivity contribution < 1.29 is 64.6 Å². The second-order valence-corrected chi connectivity index (χ2v) is 28.2. The van der Waals surface area contributed by atoms with E-state index in [1.165, 1.54) is 167 Å². The number of nitrogens with one attached hydrogen (secondary N) is 1. The zero-order valence-electron chi connectivity index (χ0n) is 63.6. The van der Waals surface area contributed by atoms with Gasteiger partial charge in [0.25, 0.3) is 0 Å². The molecule has 0 bridgehead atoms. The number of aliphatic hydroxyl groups excluding tert-OH is 8. The predicted octanol–water partition coefficient (Wildman–Crippen LogP) is 19.0. The van der Waals surface area contributed by atoms with Gasteiger partial charge in [-0.05, 0) is 96.3 Å². The molecule has 2 heterocycles. The number of aliphatic hydroxyl groups is 8. The van der Waals surface area contributed by atoms with Crippen LogP contribution in [0.4, 0.5) is 0 Å². The lowest BCUT2D eigenvalue weighted by Crippen LogP contribution is -2.65. The Morgan fingerprint density at radius 2 is 0.683 bits per heavy atom. The van der Waals surface area contributed by atoms with Gasteiger partial charge in [-0.2, -0.15) is 0 Å². The number of unbranched alkanes of at least 4 members (excludes halogenated alkanes) is 32. The van der Waals surface area contributed by atoms with Gasteiger partial charge in [0.05, 0.1) is 32.0 Å². The van der Waals surface area contributed by atoms with Crippen LogP contribution in [0, 0.1) is 0 Å². The van der Waals surface area contributed by atoms with Crippen molar-refractivity contribution in [3.63, 3.8) is 0 Å². The number of rotatable bonds is 67. The van der Waals surface area contributed by atoms with Crippen LogP contribution in [0.15, 0.2) is 134 Å². The Morgan fingerprint density at radius 3 is 1.04 bits per heavy atom. The van der Waals surface area contributed by atoms with Crippen molar-refractivity contribution in [2.24, 2.45) is 0 Å². The maximum absolute atomic E-state index is 13.4. The first-order valence-corrected chi connectivity index (χ1v) is 40.9. The van der Waals surface area contributed by atoms with Gasteiger partial charge in [0.2, 0.25) is 5.91 Å².